The summed E-state index contributed by atoms with van der Waals surface area (Å²) in [6.45, 7) is 1.76. The van der Waals surface area contributed by atoms with Gasteiger partial charge in [0.1, 0.15) is 0 Å². The Bertz CT molecular complexity index is 312. The molecule has 0 aromatic carbocycles. The molecule has 0 aliphatic heterocycles. The summed E-state index contributed by atoms with van der Waals surface area (Å²) >= 11 is 0. The fraction of sp³-hybridized carbons (Fsp3) is 0.333. The molecule has 0 saturated heterocycles. The van der Waals surface area contributed by atoms with Crippen molar-refractivity contribution in [2.24, 2.45) is 5.92 Å². The molecule has 0 bridgehead atoms. The van der Waals surface area contributed by atoms with E-state index in [2.05, 4.69) is 0 Å². The lowest BCUT2D eigenvalue weighted by Crippen LogP contribution is -2.15. The normalized spacial score (nSPS) is 21.8. The Morgan fingerprint density at radius 3 is 2.46 bits per heavy atom. The number of allylic oxidation sites excluding steroid dienone is 1. The standard InChI is InChI=1S/C9H10O4/c1-5-2-3-6(8(10)11)4-7(5)9(12)13/h3-5H,2H2,1H3,(H,10,11)(H,12,13). The number of carboxylic acid groups (broad SMARTS) is 2. The molecule has 70 valence electrons. The van der Waals surface area contributed by atoms with E-state index in [9.17, 15) is 9.59 Å². The van der Waals surface area contributed by atoms with E-state index in [0.29, 0.717) is 6.42 Å². The molecule has 0 saturated carbocycles. The Hall–Kier alpha value is -1.58. The molecular weight excluding hydrogens is 172 g/mol. The summed E-state index contributed by atoms with van der Waals surface area (Å²) in [6, 6.07) is 0. The third kappa shape index (κ3) is 1.96. The third-order valence-electron chi connectivity index (χ3n) is 2.03. The fourth-order valence-electron chi connectivity index (χ4n) is 1.22. The van der Waals surface area contributed by atoms with Crippen LogP contribution in [0.3, 0.4) is 0 Å². The van der Waals surface area contributed by atoms with Crippen molar-refractivity contribution < 1.29 is 19.8 Å². The first-order valence-electron chi connectivity index (χ1n) is 3.90. The van der Waals surface area contributed by atoms with E-state index in [4.69, 9.17) is 10.2 Å². The fourth-order valence-corrected chi connectivity index (χ4v) is 1.22. The Morgan fingerprint density at radius 2 is 2.00 bits per heavy atom. The molecule has 0 amide bonds. The Kier molecular flexibility index (Phi) is 2.51. The van der Waals surface area contributed by atoms with Gasteiger partial charge in [-0.25, -0.2) is 9.59 Å². The molecule has 0 fully saturated rings. The highest BCUT2D eigenvalue weighted by Gasteiger charge is 2.21. The molecule has 2 N–H and O–H groups in total. The van der Waals surface area contributed by atoms with Gasteiger partial charge in [-0.15, -0.1) is 0 Å². The monoisotopic (exact) mass is 182 g/mol. The molecule has 1 atom stereocenters. The molecule has 4 nitrogen and oxygen atoms in total. The summed E-state index contributed by atoms with van der Waals surface area (Å²) < 4.78 is 0. The van der Waals surface area contributed by atoms with Crippen molar-refractivity contribution in [3.8, 4) is 0 Å². The maximum atomic E-state index is 10.6. The van der Waals surface area contributed by atoms with Gasteiger partial charge in [0, 0.05) is 5.57 Å². The molecule has 0 aromatic rings. The van der Waals surface area contributed by atoms with Crippen molar-refractivity contribution in [3.05, 3.63) is 23.3 Å². The lowest BCUT2D eigenvalue weighted by molar-refractivity contribution is -0.133. The summed E-state index contributed by atoms with van der Waals surface area (Å²) in [5.74, 6) is -2.23. The van der Waals surface area contributed by atoms with Crippen LogP contribution in [0.2, 0.25) is 0 Å². The van der Waals surface area contributed by atoms with E-state index in [1.165, 1.54) is 6.08 Å². The largest absolute Gasteiger partial charge is 0.478 e. The van der Waals surface area contributed by atoms with E-state index in [0.717, 1.165) is 0 Å². The van der Waals surface area contributed by atoms with Gasteiger partial charge in [0.15, 0.2) is 0 Å². The topological polar surface area (TPSA) is 74.6 Å². The second-order valence-electron chi connectivity index (χ2n) is 3.01. The smallest absolute Gasteiger partial charge is 0.335 e. The zero-order valence-electron chi connectivity index (χ0n) is 7.15. The Labute approximate surface area is 75.2 Å². The first-order valence-corrected chi connectivity index (χ1v) is 3.90. The number of aliphatic carboxylic acids is 2. The molecule has 1 aliphatic rings. The predicted octanol–water partition coefficient (Wildman–Crippen LogP) is 1.05. The van der Waals surface area contributed by atoms with Crippen LogP contribution in [0.15, 0.2) is 23.3 Å². The summed E-state index contributed by atoms with van der Waals surface area (Å²) in [5.41, 5.74) is 0.232. The van der Waals surface area contributed by atoms with Crippen molar-refractivity contribution in [1.82, 2.24) is 0 Å². The highest BCUT2D eigenvalue weighted by Crippen LogP contribution is 2.23. The van der Waals surface area contributed by atoms with Gasteiger partial charge in [0.05, 0.1) is 5.57 Å². The van der Waals surface area contributed by atoms with Crippen molar-refractivity contribution in [3.63, 3.8) is 0 Å². The maximum Gasteiger partial charge on any atom is 0.335 e. The van der Waals surface area contributed by atoms with Crippen molar-refractivity contribution >= 4 is 11.9 Å². The second kappa shape index (κ2) is 3.43. The van der Waals surface area contributed by atoms with Crippen LogP contribution in [0.5, 0.6) is 0 Å². The molecule has 4 heteroatoms. The highest BCUT2D eigenvalue weighted by atomic mass is 16.4. The number of hydrogen-bond acceptors (Lipinski definition) is 2. The SMILES string of the molecule is CC1CC=C(C(=O)O)C=C1C(=O)O. The molecule has 1 aliphatic carbocycles. The average molecular weight is 182 g/mol. The molecular formula is C9H10O4. The van der Waals surface area contributed by atoms with Gasteiger partial charge in [-0.05, 0) is 18.4 Å². The highest BCUT2D eigenvalue weighted by molar-refractivity contribution is 5.95. The van der Waals surface area contributed by atoms with Crippen LogP contribution in [0.4, 0.5) is 0 Å². The van der Waals surface area contributed by atoms with Gasteiger partial charge in [-0.1, -0.05) is 13.0 Å². The van der Waals surface area contributed by atoms with Gasteiger partial charge >= 0.3 is 11.9 Å². The second-order valence-corrected chi connectivity index (χ2v) is 3.01. The number of carboxylic acids is 2. The van der Waals surface area contributed by atoms with Crippen molar-refractivity contribution in [2.45, 2.75) is 13.3 Å². The van der Waals surface area contributed by atoms with Crippen LogP contribution in [-0.2, 0) is 9.59 Å². The minimum Gasteiger partial charge on any atom is -0.478 e. The van der Waals surface area contributed by atoms with Crippen LogP contribution in [0.1, 0.15) is 13.3 Å². The molecule has 1 unspecified atom stereocenters. The van der Waals surface area contributed by atoms with Crippen LogP contribution >= 0.6 is 0 Å². The number of carbonyl (C=O) groups is 2. The number of rotatable bonds is 2. The zero-order valence-corrected chi connectivity index (χ0v) is 7.15. The lowest BCUT2D eigenvalue weighted by Gasteiger charge is -2.14. The minimum absolute atomic E-state index is 0.0653. The molecule has 13 heavy (non-hydrogen) atoms. The molecule has 0 aromatic heterocycles. The molecule has 1 rings (SSSR count). The molecule has 0 radical (unpaired) electrons. The van der Waals surface area contributed by atoms with Gasteiger partial charge < -0.3 is 10.2 Å². The van der Waals surface area contributed by atoms with Gasteiger partial charge in [-0.3, -0.25) is 0 Å². The van der Waals surface area contributed by atoms with Gasteiger partial charge in [0.25, 0.3) is 0 Å². The van der Waals surface area contributed by atoms with Crippen LogP contribution in [-0.4, -0.2) is 22.2 Å². The van der Waals surface area contributed by atoms with E-state index in [1.807, 2.05) is 0 Å². The van der Waals surface area contributed by atoms with Crippen LogP contribution in [0.25, 0.3) is 0 Å². The lowest BCUT2D eigenvalue weighted by atomic mass is 9.90. The summed E-state index contributed by atoms with van der Waals surface area (Å²) in [5, 5.41) is 17.3. The van der Waals surface area contributed by atoms with E-state index in [1.54, 1.807) is 13.0 Å². The quantitative estimate of drug-likeness (QED) is 0.669. The zero-order chi connectivity index (χ0) is 10.0. The first-order chi connectivity index (χ1) is 6.02. The maximum absolute atomic E-state index is 10.6. The molecule has 0 spiro atoms. The van der Waals surface area contributed by atoms with E-state index in [-0.39, 0.29) is 17.1 Å². The van der Waals surface area contributed by atoms with Crippen LogP contribution < -0.4 is 0 Å². The summed E-state index contributed by atoms with van der Waals surface area (Å²) in [7, 11) is 0. The van der Waals surface area contributed by atoms with Crippen LogP contribution in [0, 0.1) is 5.92 Å². The molecule has 0 heterocycles. The third-order valence-corrected chi connectivity index (χ3v) is 2.03. The average Bonchev–Trinajstić information content (AvgIpc) is 2.04. The van der Waals surface area contributed by atoms with E-state index >= 15 is 0 Å². The van der Waals surface area contributed by atoms with Crippen molar-refractivity contribution in [1.29, 1.82) is 0 Å². The Balaban J connectivity index is 2.98. The number of hydrogen-bond donors (Lipinski definition) is 2. The first kappa shape index (κ1) is 9.51. The van der Waals surface area contributed by atoms with Crippen molar-refractivity contribution in [2.75, 3.05) is 0 Å². The predicted molar refractivity (Wildman–Crippen MR) is 45.2 cm³/mol. The van der Waals surface area contributed by atoms with Gasteiger partial charge in [0.2, 0.25) is 0 Å². The van der Waals surface area contributed by atoms with Gasteiger partial charge in [-0.2, -0.15) is 0 Å². The summed E-state index contributed by atoms with van der Waals surface area (Å²) in [4.78, 5) is 21.2. The summed E-state index contributed by atoms with van der Waals surface area (Å²) in [6.07, 6.45) is 3.23. The minimum atomic E-state index is -1.08. The van der Waals surface area contributed by atoms with E-state index < -0.39 is 11.9 Å². The Morgan fingerprint density at radius 1 is 1.38 bits per heavy atom.